The molecule has 1 saturated carbocycles. The molecule has 1 aromatic carbocycles. The Morgan fingerprint density at radius 2 is 1.71 bits per heavy atom. The monoisotopic (exact) mass is 518 g/mol. The van der Waals surface area contributed by atoms with Crippen LogP contribution in [0.15, 0.2) is 18.2 Å². The van der Waals surface area contributed by atoms with Crippen LogP contribution in [0.25, 0.3) is 0 Å². The summed E-state index contributed by atoms with van der Waals surface area (Å²) in [5.74, 6) is -8.19. The van der Waals surface area contributed by atoms with E-state index < -0.39 is 47.0 Å². The molecule has 2 aromatic rings. The fourth-order valence-electron chi connectivity index (χ4n) is 3.05. The van der Waals surface area contributed by atoms with Crippen molar-refractivity contribution in [1.29, 1.82) is 0 Å². The molecule has 1 heterocycles. The molecule has 1 aliphatic carbocycles. The van der Waals surface area contributed by atoms with Crippen LogP contribution in [-0.2, 0) is 19.1 Å². The highest BCUT2D eigenvalue weighted by atomic mass is 35.5. The minimum Gasteiger partial charge on any atom is -0.349 e. The Labute approximate surface area is 191 Å². The molecule has 6 nitrogen and oxygen atoms in total. The summed E-state index contributed by atoms with van der Waals surface area (Å²) in [4.78, 5) is 25.8. The van der Waals surface area contributed by atoms with Crippen LogP contribution in [0.2, 0.25) is 5.02 Å². The molecule has 0 spiro atoms. The molecule has 0 bridgehead atoms. The maximum absolute atomic E-state index is 13.8. The molecule has 15 heteroatoms. The number of hydrogen-bond acceptors (Lipinski definition) is 3. The molecular weight excluding hydrogens is 504 g/mol. The quantitative estimate of drug-likeness (QED) is 0.572. The Bertz CT molecular complexity index is 1140. The van der Waals surface area contributed by atoms with E-state index in [2.05, 4.69) is 10.4 Å². The van der Waals surface area contributed by atoms with Gasteiger partial charge in [0.2, 0.25) is 0 Å². The largest absolute Gasteiger partial charge is 0.459 e. The highest BCUT2D eigenvalue weighted by molar-refractivity contribution is 6.34. The zero-order chi connectivity index (χ0) is 25.8. The van der Waals surface area contributed by atoms with Crippen molar-refractivity contribution in [2.75, 3.05) is 11.9 Å². The third-order valence-electron chi connectivity index (χ3n) is 4.99. The summed E-state index contributed by atoms with van der Waals surface area (Å²) in [6.07, 6.45) is -10.7. The molecule has 0 aliphatic heterocycles. The van der Waals surface area contributed by atoms with Gasteiger partial charge in [-0.25, -0.2) is 0 Å². The van der Waals surface area contributed by atoms with Crippen LogP contribution in [0.4, 0.5) is 40.8 Å². The molecule has 1 aromatic heterocycles. The first-order valence-electron chi connectivity index (χ1n) is 9.44. The first-order valence-corrected chi connectivity index (χ1v) is 9.82. The van der Waals surface area contributed by atoms with E-state index in [1.54, 1.807) is 0 Å². The van der Waals surface area contributed by atoms with Gasteiger partial charge in [-0.05, 0) is 31.0 Å². The number of alkyl halides is 8. The fraction of sp³-hybridized carbons (Fsp3) is 0.421. The van der Waals surface area contributed by atoms with Crippen molar-refractivity contribution >= 4 is 29.1 Å². The summed E-state index contributed by atoms with van der Waals surface area (Å²) in [6.45, 7) is 0. The number of nitrogens with zero attached hydrogens (tertiary/aromatic N) is 3. The third kappa shape index (κ3) is 4.68. The Kier molecular flexibility index (Phi) is 6.35. The number of carbonyl (C=O) groups excluding carboxylic acids is 2. The van der Waals surface area contributed by atoms with Gasteiger partial charge in [0.1, 0.15) is 11.3 Å². The third-order valence-corrected chi connectivity index (χ3v) is 5.32. The van der Waals surface area contributed by atoms with Crippen molar-refractivity contribution in [3.05, 3.63) is 45.7 Å². The van der Waals surface area contributed by atoms with E-state index in [1.807, 2.05) is 0 Å². The highest BCUT2D eigenvalue weighted by Crippen LogP contribution is 2.48. The van der Waals surface area contributed by atoms with Gasteiger partial charge in [0.15, 0.2) is 5.69 Å². The predicted octanol–water partition coefficient (Wildman–Crippen LogP) is 4.92. The predicted molar refractivity (Wildman–Crippen MR) is 103 cm³/mol. The van der Waals surface area contributed by atoms with Gasteiger partial charge in [0.05, 0.1) is 10.6 Å². The summed E-state index contributed by atoms with van der Waals surface area (Å²) in [7, 11) is 1.57. The van der Waals surface area contributed by atoms with E-state index in [0.29, 0.717) is 11.9 Å². The molecule has 186 valence electrons. The number of rotatable bonds is 5. The molecule has 0 unspecified atom stereocenters. The second-order valence-corrected chi connectivity index (χ2v) is 7.95. The smallest absolute Gasteiger partial charge is 0.349 e. The van der Waals surface area contributed by atoms with E-state index >= 15 is 0 Å². The summed E-state index contributed by atoms with van der Waals surface area (Å²) < 4.78 is 107. The van der Waals surface area contributed by atoms with Crippen molar-refractivity contribution in [1.82, 2.24) is 15.1 Å². The minimum absolute atomic E-state index is 0.00721. The molecule has 34 heavy (non-hydrogen) atoms. The molecule has 2 amide bonds. The minimum atomic E-state index is -6.40. The van der Waals surface area contributed by atoms with Gasteiger partial charge < -0.3 is 10.2 Å². The first kappa shape index (κ1) is 25.7. The van der Waals surface area contributed by atoms with E-state index in [0.717, 1.165) is 32.0 Å². The van der Waals surface area contributed by atoms with Crippen molar-refractivity contribution in [2.45, 2.75) is 37.2 Å². The van der Waals surface area contributed by atoms with Gasteiger partial charge in [0, 0.05) is 25.8 Å². The summed E-state index contributed by atoms with van der Waals surface area (Å²) in [6, 6.07) is 3.35. The van der Waals surface area contributed by atoms with Gasteiger partial charge >= 0.3 is 18.3 Å². The summed E-state index contributed by atoms with van der Waals surface area (Å²) in [5.41, 5.74) is -7.00. The molecule has 1 N–H and O–H groups in total. The molecule has 1 aliphatic rings. The van der Waals surface area contributed by atoms with Crippen LogP contribution in [0.3, 0.4) is 0 Å². The zero-order valence-corrected chi connectivity index (χ0v) is 18.0. The fourth-order valence-corrected chi connectivity index (χ4v) is 3.26. The SMILES string of the molecule is CN(C(=O)c1c(C(F)(F)F)c(C(F)(F)C(F)(F)F)nn1C)c1ccc(Cl)c(C(=O)NC2CC2)c1. The Balaban J connectivity index is 2.07. The number of carbonyl (C=O) groups is 2. The van der Waals surface area contributed by atoms with Crippen LogP contribution in [0.1, 0.15) is 44.9 Å². The number of halogens is 9. The molecule has 0 radical (unpaired) electrons. The van der Waals surface area contributed by atoms with Crippen LogP contribution in [0, 0.1) is 0 Å². The van der Waals surface area contributed by atoms with Gasteiger partial charge in [-0.3, -0.25) is 14.3 Å². The number of amides is 2. The second kappa shape index (κ2) is 8.40. The van der Waals surface area contributed by atoms with Crippen LogP contribution in [-0.4, -0.2) is 40.9 Å². The number of aryl methyl sites for hydroxylation is 1. The number of anilines is 1. The Morgan fingerprint density at radius 3 is 2.21 bits per heavy atom. The Morgan fingerprint density at radius 1 is 1.12 bits per heavy atom. The number of aromatic nitrogens is 2. The number of benzene rings is 1. The lowest BCUT2D eigenvalue weighted by molar-refractivity contribution is -0.292. The maximum Gasteiger partial charge on any atom is 0.459 e. The van der Waals surface area contributed by atoms with E-state index in [4.69, 9.17) is 11.6 Å². The van der Waals surface area contributed by atoms with Crippen molar-refractivity contribution in [3.63, 3.8) is 0 Å². The van der Waals surface area contributed by atoms with Crippen molar-refractivity contribution < 1.29 is 44.7 Å². The molecule has 3 rings (SSSR count). The topological polar surface area (TPSA) is 67.2 Å². The first-order chi connectivity index (χ1) is 15.5. The summed E-state index contributed by atoms with van der Waals surface area (Å²) >= 11 is 5.99. The standard InChI is InChI=1S/C19H15ClF8N4O2/c1-31(9-5-6-11(20)10(7-9)15(33)29-8-3-4-8)16(34)13-12(18(23,24)25)14(30-32(13)2)17(21,22)19(26,27)28/h5-8H,3-4H2,1-2H3,(H,29,33). The lowest BCUT2D eigenvalue weighted by Gasteiger charge is -2.21. The van der Waals surface area contributed by atoms with Crippen LogP contribution < -0.4 is 10.2 Å². The van der Waals surface area contributed by atoms with Gasteiger partial charge in [-0.15, -0.1) is 0 Å². The average molecular weight is 519 g/mol. The van der Waals surface area contributed by atoms with Crippen molar-refractivity contribution in [3.8, 4) is 0 Å². The van der Waals surface area contributed by atoms with E-state index in [1.165, 1.54) is 6.07 Å². The Hall–Kier alpha value is -2.90. The molecule has 0 atom stereocenters. The normalized spacial score (nSPS) is 14.8. The molecule has 0 saturated heterocycles. The van der Waals surface area contributed by atoms with E-state index in [-0.39, 0.29) is 27.0 Å². The second-order valence-electron chi connectivity index (χ2n) is 7.54. The molecular formula is C19H15ClF8N4O2. The maximum atomic E-state index is 13.8. The highest BCUT2D eigenvalue weighted by Gasteiger charge is 2.64. The van der Waals surface area contributed by atoms with Crippen LogP contribution >= 0.6 is 11.6 Å². The number of nitrogens with one attached hydrogen (secondary N) is 1. The number of hydrogen-bond donors (Lipinski definition) is 1. The van der Waals surface area contributed by atoms with Gasteiger partial charge in [-0.1, -0.05) is 11.6 Å². The van der Waals surface area contributed by atoms with Gasteiger partial charge in [-0.2, -0.15) is 40.2 Å². The lowest BCUT2D eigenvalue weighted by Crippen LogP contribution is -2.36. The molecule has 1 fully saturated rings. The van der Waals surface area contributed by atoms with E-state index in [9.17, 15) is 44.7 Å². The van der Waals surface area contributed by atoms with Crippen molar-refractivity contribution in [2.24, 2.45) is 7.05 Å². The van der Waals surface area contributed by atoms with Crippen LogP contribution in [0.5, 0.6) is 0 Å². The summed E-state index contributed by atoms with van der Waals surface area (Å²) in [5, 5.41) is 5.30. The average Bonchev–Trinajstić information content (AvgIpc) is 3.44. The zero-order valence-electron chi connectivity index (χ0n) is 17.3. The lowest BCUT2D eigenvalue weighted by atomic mass is 10.1. The van der Waals surface area contributed by atoms with Gasteiger partial charge in [0.25, 0.3) is 11.8 Å².